The average molecular weight is 412 g/mol. The summed E-state index contributed by atoms with van der Waals surface area (Å²) in [6.45, 7) is 7.49. The number of esters is 3. The highest BCUT2D eigenvalue weighted by atomic mass is 35.5. The Labute approximate surface area is 170 Å². The Kier molecular flexibility index (Phi) is 10.1. The van der Waals surface area contributed by atoms with Crippen LogP contribution in [0.4, 0.5) is 5.69 Å². The molecular formula is C20H26ClNO6. The monoisotopic (exact) mass is 411 g/mol. The van der Waals surface area contributed by atoms with Crippen molar-refractivity contribution < 1.29 is 28.6 Å². The van der Waals surface area contributed by atoms with E-state index in [0.717, 1.165) is 6.20 Å². The highest BCUT2D eigenvalue weighted by Crippen LogP contribution is 2.27. The van der Waals surface area contributed by atoms with Crippen LogP contribution in [0.3, 0.4) is 0 Å². The molecule has 7 nitrogen and oxygen atoms in total. The third-order valence-electron chi connectivity index (χ3n) is 3.25. The summed E-state index contributed by atoms with van der Waals surface area (Å²) in [5.41, 5.74) is 0.189. The van der Waals surface area contributed by atoms with Crippen LogP contribution in [0.1, 0.15) is 50.9 Å². The van der Waals surface area contributed by atoms with Gasteiger partial charge in [0, 0.05) is 6.20 Å². The van der Waals surface area contributed by atoms with Crippen molar-refractivity contribution in [1.29, 1.82) is 0 Å². The number of rotatable bonds is 10. The minimum atomic E-state index is -0.804. The van der Waals surface area contributed by atoms with Crippen molar-refractivity contribution in [2.75, 3.05) is 18.5 Å². The number of hydrogen-bond donors (Lipinski definition) is 1. The Morgan fingerprint density at radius 3 is 2.14 bits per heavy atom. The summed E-state index contributed by atoms with van der Waals surface area (Å²) in [4.78, 5) is 36.5. The summed E-state index contributed by atoms with van der Waals surface area (Å²) in [7, 11) is 0. The highest BCUT2D eigenvalue weighted by Gasteiger charge is 2.22. The Morgan fingerprint density at radius 2 is 1.64 bits per heavy atom. The molecule has 0 aliphatic carbocycles. The zero-order chi connectivity index (χ0) is 21.1. The Balaban J connectivity index is 3.08. The summed E-state index contributed by atoms with van der Waals surface area (Å²) in [6.07, 6.45) is 2.09. The van der Waals surface area contributed by atoms with Crippen LogP contribution in [0.25, 0.3) is 0 Å². The quantitative estimate of drug-likeness (QED) is 0.204. The average Bonchev–Trinajstić information content (AvgIpc) is 2.65. The number of ether oxygens (including phenoxy) is 3. The smallest absolute Gasteiger partial charge is 0.347 e. The second-order valence-corrected chi connectivity index (χ2v) is 6.47. The van der Waals surface area contributed by atoms with Gasteiger partial charge in [-0.25, -0.2) is 14.4 Å². The van der Waals surface area contributed by atoms with E-state index >= 15 is 0 Å². The topological polar surface area (TPSA) is 90.9 Å². The van der Waals surface area contributed by atoms with Gasteiger partial charge in [0.1, 0.15) is 0 Å². The minimum absolute atomic E-state index is 0.104. The molecule has 0 bridgehead atoms. The van der Waals surface area contributed by atoms with E-state index in [1.807, 2.05) is 13.8 Å². The molecular weight excluding hydrogens is 386 g/mol. The van der Waals surface area contributed by atoms with Crippen molar-refractivity contribution >= 4 is 35.2 Å². The molecule has 1 rings (SSSR count). The molecule has 0 spiro atoms. The van der Waals surface area contributed by atoms with Gasteiger partial charge >= 0.3 is 17.9 Å². The molecule has 0 atom stereocenters. The van der Waals surface area contributed by atoms with Crippen LogP contribution in [-0.4, -0.2) is 37.2 Å². The molecule has 1 aromatic rings. The van der Waals surface area contributed by atoms with Crippen LogP contribution in [-0.2, 0) is 23.8 Å². The van der Waals surface area contributed by atoms with E-state index in [2.05, 4.69) is 5.32 Å². The second-order valence-electron chi connectivity index (χ2n) is 6.10. The van der Waals surface area contributed by atoms with Crippen molar-refractivity contribution in [3.63, 3.8) is 0 Å². The SMILES string of the molecule is CCCOC(=O)C(=CNc1cccc(C(=O)OC(C)C)c1Cl)C(=O)OCCC. The fourth-order valence-electron chi connectivity index (χ4n) is 1.97. The predicted molar refractivity (Wildman–Crippen MR) is 106 cm³/mol. The molecule has 0 aliphatic rings. The zero-order valence-electron chi connectivity index (χ0n) is 16.5. The van der Waals surface area contributed by atoms with Gasteiger partial charge in [-0.2, -0.15) is 0 Å². The van der Waals surface area contributed by atoms with E-state index in [-0.39, 0.29) is 35.5 Å². The number of halogens is 1. The van der Waals surface area contributed by atoms with Gasteiger partial charge < -0.3 is 19.5 Å². The van der Waals surface area contributed by atoms with E-state index in [0.29, 0.717) is 18.5 Å². The molecule has 0 heterocycles. The molecule has 0 fully saturated rings. The van der Waals surface area contributed by atoms with Crippen LogP contribution >= 0.6 is 11.6 Å². The largest absolute Gasteiger partial charge is 0.462 e. The Morgan fingerprint density at radius 1 is 1.07 bits per heavy atom. The zero-order valence-corrected chi connectivity index (χ0v) is 17.3. The summed E-state index contributed by atoms with van der Waals surface area (Å²) >= 11 is 6.27. The van der Waals surface area contributed by atoms with E-state index < -0.39 is 17.9 Å². The number of anilines is 1. The van der Waals surface area contributed by atoms with Gasteiger partial charge in [-0.05, 0) is 38.8 Å². The maximum atomic E-state index is 12.2. The lowest BCUT2D eigenvalue weighted by atomic mass is 10.2. The molecule has 0 unspecified atom stereocenters. The number of carbonyl (C=O) groups is 3. The second kappa shape index (κ2) is 12.0. The fourth-order valence-corrected chi connectivity index (χ4v) is 2.23. The van der Waals surface area contributed by atoms with Crippen molar-refractivity contribution in [2.45, 2.75) is 46.6 Å². The number of nitrogens with one attached hydrogen (secondary N) is 1. The molecule has 0 saturated carbocycles. The summed E-state index contributed by atoms with van der Waals surface area (Å²) < 4.78 is 15.2. The summed E-state index contributed by atoms with van der Waals surface area (Å²) in [5, 5.41) is 2.88. The lowest BCUT2D eigenvalue weighted by molar-refractivity contribution is -0.147. The first kappa shape index (κ1) is 23.5. The van der Waals surface area contributed by atoms with E-state index in [1.54, 1.807) is 26.0 Å². The van der Waals surface area contributed by atoms with Crippen molar-refractivity contribution in [3.8, 4) is 0 Å². The lowest BCUT2D eigenvalue weighted by Crippen LogP contribution is -2.20. The van der Waals surface area contributed by atoms with Crippen LogP contribution in [0.15, 0.2) is 30.0 Å². The molecule has 0 radical (unpaired) electrons. The maximum absolute atomic E-state index is 12.2. The first-order valence-corrected chi connectivity index (χ1v) is 9.50. The molecule has 0 saturated heterocycles. The summed E-state index contributed by atoms with van der Waals surface area (Å²) in [6, 6.07) is 4.72. The van der Waals surface area contributed by atoms with Gasteiger partial charge in [-0.3, -0.25) is 0 Å². The van der Waals surface area contributed by atoms with Gasteiger partial charge in [0.05, 0.1) is 35.6 Å². The molecule has 1 N–H and O–H groups in total. The predicted octanol–water partition coefficient (Wildman–Crippen LogP) is 4.11. The van der Waals surface area contributed by atoms with Crippen LogP contribution in [0.5, 0.6) is 0 Å². The first-order chi connectivity index (χ1) is 13.3. The van der Waals surface area contributed by atoms with Crippen molar-refractivity contribution in [2.24, 2.45) is 0 Å². The van der Waals surface area contributed by atoms with E-state index in [4.69, 9.17) is 25.8 Å². The normalized spacial score (nSPS) is 10.2. The number of benzene rings is 1. The van der Waals surface area contributed by atoms with Crippen molar-refractivity contribution in [3.05, 3.63) is 40.6 Å². The molecule has 0 aliphatic heterocycles. The molecule has 0 aromatic heterocycles. The summed E-state index contributed by atoms with van der Waals surface area (Å²) in [5.74, 6) is -2.18. The lowest BCUT2D eigenvalue weighted by Gasteiger charge is -2.12. The number of hydrogen-bond acceptors (Lipinski definition) is 7. The molecule has 28 heavy (non-hydrogen) atoms. The van der Waals surface area contributed by atoms with Crippen LogP contribution < -0.4 is 5.32 Å². The van der Waals surface area contributed by atoms with E-state index in [1.165, 1.54) is 6.07 Å². The third-order valence-corrected chi connectivity index (χ3v) is 3.65. The van der Waals surface area contributed by atoms with Gasteiger partial charge in [0.15, 0.2) is 5.57 Å². The molecule has 154 valence electrons. The highest BCUT2D eigenvalue weighted by molar-refractivity contribution is 6.36. The fraction of sp³-hybridized carbons (Fsp3) is 0.450. The Hall–Kier alpha value is -2.54. The first-order valence-electron chi connectivity index (χ1n) is 9.12. The number of carbonyl (C=O) groups excluding carboxylic acids is 3. The van der Waals surface area contributed by atoms with Gasteiger partial charge in [0.25, 0.3) is 0 Å². The van der Waals surface area contributed by atoms with Crippen LogP contribution in [0, 0.1) is 0 Å². The Bertz CT molecular complexity index is 707. The van der Waals surface area contributed by atoms with Crippen LogP contribution in [0.2, 0.25) is 5.02 Å². The molecule has 1 aromatic carbocycles. The molecule has 0 amide bonds. The standard InChI is InChI=1S/C20H26ClNO6/c1-5-10-26-18(23)15(19(24)27-11-6-2)12-22-16-9-7-8-14(17(16)21)20(25)28-13(3)4/h7-9,12-13,22H,5-6,10-11H2,1-4H3. The van der Waals surface area contributed by atoms with Crippen molar-refractivity contribution in [1.82, 2.24) is 0 Å². The third kappa shape index (κ3) is 7.23. The maximum Gasteiger partial charge on any atom is 0.347 e. The van der Waals surface area contributed by atoms with Gasteiger partial charge in [-0.1, -0.05) is 31.5 Å². The van der Waals surface area contributed by atoms with Gasteiger partial charge in [0.2, 0.25) is 0 Å². The van der Waals surface area contributed by atoms with Gasteiger partial charge in [-0.15, -0.1) is 0 Å². The van der Waals surface area contributed by atoms with E-state index in [9.17, 15) is 14.4 Å². The molecule has 8 heteroatoms. The minimum Gasteiger partial charge on any atom is -0.462 e.